The number of hydrogen-bond donors (Lipinski definition) is 0. The van der Waals surface area contributed by atoms with Crippen molar-refractivity contribution >= 4 is 17.3 Å². The molecule has 4 nitrogen and oxygen atoms in total. The highest BCUT2D eigenvalue weighted by Crippen LogP contribution is 2.38. The van der Waals surface area contributed by atoms with Crippen LogP contribution >= 0.6 is 0 Å². The van der Waals surface area contributed by atoms with Crippen LogP contribution in [0.4, 0.5) is 0 Å². The summed E-state index contributed by atoms with van der Waals surface area (Å²) in [4.78, 5) is 38.6. The van der Waals surface area contributed by atoms with Gasteiger partial charge in [-0.05, 0) is 30.0 Å². The molecule has 2 aliphatic carbocycles. The molecule has 1 atom stereocenters. The Morgan fingerprint density at radius 1 is 0.875 bits per heavy atom. The van der Waals surface area contributed by atoms with E-state index in [9.17, 15) is 14.4 Å². The van der Waals surface area contributed by atoms with Gasteiger partial charge in [0.25, 0.3) is 0 Å². The van der Waals surface area contributed by atoms with Crippen molar-refractivity contribution in [2.45, 2.75) is 19.8 Å². The second-order valence-corrected chi connectivity index (χ2v) is 6.50. The fourth-order valence-electron chi connectivity index (χ4n) is 3.82. The summed E-state index contributed by atoms with van der Waals surface area (Å²) in [5.74, 6) is 0.0663. The largest absolute Gasteiger partial charge is 0.496 e. The molecular weight excluding hydrogens is 304 g/mol. The first-order valence-corrected chi connectivity index (χ1v) is 7.98. The predicted octanol–water partition coefficient (Wildman–Crippen LogP) is 3.24. The Morgan fingerprint density at radius 2 is 1.58 bits per heavy atom. The van der Waals surface area contributed by atoms with Crippen LogP contribution in [0.5, 0.6) is 5.75 Å². The van der Waals surface area contributed by atoms with E-state index in [-0.39, 0.29) is 34.4 Å². The molecule has 2 aliphatic rings. The molecule has 0 N–H and O–H groups in total. The van der Waals surface area contributed by atoms with E-state index in [1.807, 2.05) is 13.0 Å². The average Bonchev–Trinajstić information content (AvgIpc) is 2.57. The number of ether oxygens (including phenoxy) is 1. The van der Waals surface area contributed by atoms with E-state index in [0.717, 1.165) is 12.0 Å². The van der Waals surface area contributed by atoms with Gasteiger partial charge in [-0.1, -0.05) is 25.1 Å². The lowest BCUT2D eigenvalue weighted by Crippen LogP contribution is -2.28. The third kappa shape index (κ3) is 1.89. The number of rotatable bonds is 1. The Bertz CT molecular complexity index is 923. The highest BCUT2D eigenvalue weighted by Gasteiger charge is 2.37. The summed E-state index contributed by atoms with van der Waals surface area (Å²) in [5, 5.41) is 0. The van der Waals surface area contributed by atoms with Crippen molar-refractivity contribution in [1.82, 2.24) is 0 Å². The second kappa shape index (κ2) is 5.13. The summed E-state index contributed by atoms with van der Waals surface area (Å²) in [5.41, 5.74) is 2.48. The topological polar surface area (TPSA) is 60.4 Å². The maximum atomic E-state index is 13.1. The molecule has 0 fully saturated rings. The summed E-state index contributed by atoms with van der Waals surface area (Å²) in [6, 6.07) is 8.46. The lowest BCUT2D eigenvalue weighted by Gasteiger charge is -2.27. The quantitative estimate of drug-likeness (QED) is 0.690. The standard InChI is InChI=1S/C20H16O4/c1-10-8-11-6-7-13-18(16(11)14(21)9-10)20(23)12-4-3-5-15(24-2)17(12)19(13)22/h3-7,10H,8-9H2,1-2H3/t10-/m0/s1. The fraction of sp³-hybridized carbons (Fsp3) is 0.250. The number of ketones is 3. The van der Waals surface area contributed by atoms with Gasteiger partial charge in [-0.15, -0.1) is 0 Å². The number of carbonyl (C=O) groups excluding carboxylic acids is 3. The lowest BCUT2D eigenvalue weighted by molar-refractivity contribution is 0.0935. The van der Waals surface area contributed by atoms with Gasteiger partial charge in [0.15, 0.2) is 17.3 Å². The minimum absolute atomic E-state index is 0.0481. The van der Waals surface area contributed by atoms with Gasteiger partial charge in [0, 0.05) is 28.7 Å². The van der Waals surface area contributed by atoms with Crippen LogP contribution in [0.25, 0.3) is 0 Å². The molecule has 0 aromatic heterocycles. The highest BCUT2D eigenvalue weighted by molar-refractivity contribution is 6.32. The molecule has 0 amide bonds. The Balaban J connectivity index is 2.01. The van der Waals surface area contributed by atoms with E-state index < -0.39 is 0 Å². The molecule has 0 radical (unpaired) electrons. The van der Waals surface area contributed by atoms with Crippen LogP contribution in [0, 0.1) is 5.92 Å². The summed E-state index contributed by atoms with van der Waals surface area (Å²) in [6.45, 7) is 2.02. The van der Waals surface area contributed by atoms with Crippen molar-refractivity contribution in [3.63, 3.8) is 0 Å². The molecule has 4 heteroatoms. The smallest absolute Gasteiger partial charge is 0.198 e. The number of methoxy groups -OCH3 is 1. The van der Waals surface area contributed by atoms with E-state index in [2.05, 4.69) is 0 Å². The molecule has 0 spiro atoms. The minimum Gasteiger partial charge on any atom is -0.496 e. The first-order chi connectivity index (χ1) is 11.5. The van der Waals surface area contributed by atoms with Crippen LogP contribution in [0.1, 0.15) is 61.1 Å². The number of benzene rings is 2. The van der Waals surface area contributed by atoms with Crippen LogP contribution < -0.4 is 4.74 Å². The molecule has 2 aromatic carbocycles. The maximum Gasteiger partial charge on any atom is 0.198 e. The molecule has 0 aliphatic heterocycles. The third-order valence-corrected chi connectivity index (χ3v) is 4.86. The third-order valence-electron chi connectivity index (χ3n) is 4.86. The molecule has 2 aromatic rings. The summed E-state index contributed by atoms with van der Waals surface area (Å²) in [7, 11) is 1.47. The second-order valence-electron chi connectivity index (χ2n) is 6.50. The predicted molar refractivity (Wildman–Crippen MR) is 88.1 cm³/mol. The van der Waals surface area contributed by atoms with Crippen LogP contribution in [-0.4, -0.2) is 24.5 Å². The summed E-state index contributed by atoms with van der Waals surface area (Å²) >= 11 is 0. The number of carbonyl (C=O) groups is 3. The number of fused-ring (bicyclic) bond motifs is 4. The molecule has 0 saturated heterocycles. The van der Waals surface area contributed by atoms with Crippen LogP contribution in [-0.2, 0) is 6.42 Å². The van der Waals surface area contributed by atoms with E-state index >= 15 is 0 Å². The summed E-state index contributed by atoms with van der Waals surface area (Å²) < 4.78 is 5.25. The van der Waals surface area contributed by atoms with Crippen LogP contribution in [0.2, 0.25) is 0 Å². The first-order valence-electron chi connectivity index (χ1n) is 7.98. The van der Waals surface area contributed by atoms with E-state index in [0.29, 0.717) is 28.9 Å². The van der Waals surface area contributed by atoms with Gasteiger partial charge in [0.1, 0.15) is 5.75 Å². The normalized spacial score (nSPS) is 18.8. The molecule has 4 rings (SSSR count). The average molecular weight is 320 g/mol. The van der Waals surface area contributed by atoms with Crippen molar-refractivity contribution in [3.8, 4) is 5.75 Å². The molecule has 0 heterocycles. The van der Waals surface area contributed by atoms with Crippen LogP contribution in [0.15, 0.2) is 30.3 Å². The molecular formula is C20H16O4. The zero-order valence-corrected chi connectivity index (χ0v) is 13.5. The van der Waals surface area contributed by atoms with Crippen LogP contribution in [0.3, 0.4) is 0 Å². The molecule has 120 valence electrons. The number of Topliss-reactive ketones (excluding diaryl/α,β-unsaturated/α-hetero) is 1. The molecule has 0 saturated carbocycles. The van der Waals surface area contributed by atoms with Gasteiger partial charge in [0.05, 0.1) is 12.7 Å². The maximum absolute atomic E-state index is 13.1. The van der Waals surface area contributed by atoms with E-state index in [1.54, 1.807) is 24.3 Å². The van der Waals surface area contributed by atoms with Gasteiger partial charge >= 0.3 is 0 Å². The highest BCUT2D eigenvalue weighted by atomic mass is 16.5. The first kappa shape index (κ1) is 14.8. The van der Waals surface area contributed by atoms with Crippen molar-refractivity contribution in [3.05, 3.63) is 63.7 Å². The van der Waals surface area contributed by atoms with E-state index in [1.165, 1.54) is 7.11 Å². The molecule has 0 unspecified atom stereocenters. The van der Waals surface area contributed by atoms with Crippen molar-refractivity contribution in [1.29, 1.82) is 0 Å². The zero-order chi connectivity index (χ0) is 17.0. The Hall–Kier alpha value is -2.75. The Morgan fingerprint density at radius 3 is 2.33 bits per heavy atom. The monoisotopic (exact) mass is 320 g/mol. The van der Waals surface area contributed by atoms with Crippen molar-refractivity contribution in [2.75, 3.05) is 7.11 Å². The zero-order valence-electron chi connectivity index (χ0n) is 13.5. The molecule has 24 heavy (non-hydrogen) atoms. The van der Waals surface area contributed by atoms with Gasteiger partial charge in [0.2, 0.25) is 0 Å². The Labute approximate surface area is 139 Å². The van der Waals surface area contributed by atoms with Gasteiger partial charge in [-0.3, -0.25) is 14.4 Å². The van der Waals surface area contributed by atoms with Gasteiger partial charge in [-0.2, -0.15) is 0 Å². The molecule has 0 bridgehead atoms. The lowest BCUT2D eigenvalue weighted by atomic mass is 9.74. The number of hydrogen-bond acceptors (Lipinski definition) is 4. The Kier molecular flexibility index (Phi) is 3.17. The summed E-state index contributed by atoms with van der Waals surface area (Å²) in [6.07, 6.45) is 1.16. The minimum atomic E-state index is -0.266. The van der Waals surface area contributed by atoms with Gasteiger partial charge < -0.3 is 4.74 Å². The van der Waals surface area contributed by atoms with Crippen molar-refractivity contribution < 1.29 is 19.1 Å². The SMILES string of the molecule is COc1cccc2c1C(=O)c1ccc3c(c1C2=O)C(=O)C[C@@H](C)C3. The van der Waals surface area contributed by atoms with Crippen molar-refractivity contribution in [2.24, 2.45) is 5.92 Å². The van der Waals surface area contributed by atoms with E-state index in [4.69, 9.17) is 4.74 Å². The van der Waals surface area contributed by atoms with Gasteiger partial charge in [-0.25, -0.2) is 0 Å². The fourth-order valence-corrected chi connectivity index (χ4v) is 3.82.